The van der Waals surface area contributed by atoms with Gasteiger partial charge in [-0.1, -0.05) is 12.1 Å². The Morgan fingerprint density at radius 3 is 2.42 bits per heavy atom. The van der Waals surface area contributed by atoms with Crippen LogP contribution in [0.1, 0.15) is 26.3 Å². The van der Waals surface area contributed by atoms with Crippen LogP contribution in [0.3, 0.4) is 0 Å². The van der Waals surface area contributed by atoms with Crippen LogP contribution in [-0.2, 0) is 16.0 Å². The zero-order chi connectivity index (χ0) is 14.3. The predicted molar refractivity (Wildman–Crippen MR) is 75.4 cm³/mol. The van der Waals surface area contributed by atoms with Crippen molar-refractivity contribution in [2.45, 2.75) is 32.7 Å². The van der Waals surface area contributed by atoms with Crippen molar-refractivity contribution in [2.24, 2.45) is 0 Å². The lowest BCUT2D eigenvalue weighted by molar-refractivity contribution is -0.149. The molecule has 4 heteroatoms. The van der Waals surface area contributed by atoms with Gasteiger partial charge in [-0.05, 0) is 44.9 Å². The van der Waals surface area contributed by atoms with E-state index in [0.29, 0.717) is 6.61 Å². The third-order valence-corrected chi connectivity index (χ3v) is 2.93. The number of carbonyl (C=O) groups is 1. The number of hydrogen-bond donors (Lipinski definition) is 1. The summed E-state index contributed by atoms with van der Waals surface area (Å²) in [7, 11) is 1.65. The molecule has 106 valence electrons. The smallest absolute Gasteiger partial charge is 0.325 e. The quantitative estimate of drug-likeness (QED) is 0.768. The van der Waals surface area contributed by atoms with Gasteiger partial charge in [-0.3, -0.25) is 4.79 Å². The lowest BCUT2D eigenvalue weighted by Crippen LogP contribution is -2.48. The van der Waals surface area contributed by atoms with Gasteiger partial charge < -0.3 is 14.8 Å². The molecule has 0 bridgehead atoms. The summed E-state index contributed by atoms with van der Waals surface area (Å²) in [6, 6.07) is 7.92. The van der Waals surface area contributed by atoms with Crippen LogP contribution in [-0.4, -0.2) is 31.8 Å². The molecule has 0 aliphatic carbocycles. The van der Waals surface area contributed by atoms with Crippen LogP contribution < -0.4 is 10.1 Å². The Labute approximate surface area is 115 Å². The van der Waals surface area contributed by atoms with E-state index in [0.717, 1.165) is 18.7 Å². The summed E-state index contributed by atoms with van der Waals surface area (Å²) in [6.07, 6.45) is 0.854. The van der Waals surface area contributed by atoms with Crippen molar-refractivity contribution in [1.29, 1.82) is 0 Å². The fourth-order valence-corrected chi connectivity index (χ4v) is 1.70. The Hall–Kier alpha value is -1.55. The molecule has 19 heavy (non-hydrogen) atoms. The first-order valence-corrected chi connectivity index (χ1v) is 6.54. The summed E-state index contributed by atoms with van der Waals surface area (Å²) < 4.78 is 10.1. The van der Waals surface area contributed by atoms with Crippen LogP contribution in [0.2, 0.25) is 0 Å². The summed E-state index contributed by atoms with van der Waals surface area (Å²) in [5, 5.41) is 3.21. The van der Waals surface area contributed by atoms with E-state index in [1.54, 1.807) is 7.11 Å². The maximum Gasteiger partial charge on any atom is 0.325 e. The number of carbonyl (C=O) groups excluding carboxylic acids is 1. The molecule has 1 N–H and O–H groups in total. The fraction of sp³-hybridized carbons (Fsp3) is 0.533. The van der Waals surface area contributed by atoms with Crippen molar-refractivity contribution in [1.82, 2.24) is 5.32 Å². The van der Waals surface area contributed by atoms with Gasteiger partial charge in [0.2, 0.25) is 0 Å². The number of ether oxygens (including phenoxy) is 2. The molecule has 1 aromatic carbocycles. The minimum absolute atomic E-state index is 0.218. The van der Waals surface area contributed by atoms with Gasteiger partial charge in [0.15, 0.2) is 0 Å². The van der Waals surface area contributed by atoms with Crippen LogP contribution >= 0.6 is 0 Å². The number of benzene rings is 1. The van der Waals surface area contributed by atoms with Gasteiger partial charge in [0.05, 0.1) is 13.7 Å². The number of methoxy groups -OCH3 is 1. The Bertz CT molecular complexity index is 398. The summed E-state index contributed by atoms with van der Waals surface area (Å²) in [5.74, 6) is 0.633. The molecule has 0 atom stereocenters. The highest BCUT2D eigenvalue weighted by Gasteiger charge is 2.27. The van der Waals surface area contributed by atoms with Crippen molar-refractivity contribution >= 4 is 5.97 Å². The highest BCUT2D eigenvalue weighted by Crippen LogP contribution is 2.12. The Morgan fingerprint density at radius 1 is 1.26 bits per heavy atom. The first-order valence-electron chi connectivity index (χ1n) is 6.54. The average molecular weight is 265 g/mol. The molecule has 0 spiro atoms. The monoisotopic (exact) mass is 265 g/mol. The van der Waals surface area contributed by atoms with Gasteiger partial charge in [0.25, 0.3) is 0 Å². The third kappa shape index (κ3) is 4.91. The third-order valence-electron chi connectivity index (χ3n) is 2.93. The lowest BCUT2D eigenvalue weighted by Gasteiger charge is -2.23. The molecular weight excluding hydrogens is 242 g/mol. The second-order valence-electron chi connectivity index (χ2n) is 4.87. The van der Waals surface area contributed by atoms with Crippen LogP contribution in [0.15, 0.2) is 24.3 Å². The van der Waals surface area contributed by atoms with E-state index >= 15 is 0 Å². The molecule has 0 heterocycles. The highest BCUT2D eigenvalue weighted by molar-refractivity contribution is 5.79. The minimum Gasteiger partial charge on any atom is -0.497 e. The maximum absolute atomic E-state index is 11.7. The molecular formula is C15H23NO3. The van der Waals surface area contributed by atoms with Crippen molar-refractivity contribution in [2.75, 3.05) is 20.3 Å². The average Bonchev–Trinajstić information content (AvgIpc) is 2.39. The zero-order valence-corrected chi connectivity index (χ0v) is 12.2. The summed E-state index contributed by atoms with van der Waals surface area (Å²) in [4.78, 5) is 11.7. The SMILES string of the molecule is CCOC(=O)C(C)(C)NCCc1ccc(OC)cc1. The standard InChI is InChI=1S/C15H23NO3/c1-5-19-14(17)15(2,3)16-11-10-12-6-8-13(18-4)9-7-12/h6-9,16H,5,10-11H2,1-4H3. The van der Waals surface area contributed by atoms with Crippen molar-refractivity contribution in [3.8, 4) is 5.75 Å². The van der Waals surface area contributed by atoms with Gasteiger partial charge in [-0.2, -0.15) is 0 Å². The summed E-state index contributed by atoms with van der Waals surface area (Å²) >= 11 is 0. The van der Waals surface area contributed by atoms with Gasteiger partial charge in [0.1, 0.15) is 11.3 Å². The van der Waals surface area contributed by atoms with E-state index in [-0.39, 0.29) is 5.97 Å². The van der Waals surface area contributed by atoms with Gasteiger partial charge in [0, 0.05) is 6.54 Å². The Balaban J connectivity index is 2.42. The largest absolute Gasteiger partial charge is 0.497 e. The van der Waals surface area contributed by atoms with Crippen LogP contribution in [0.5, 0.6) is 5.75 Å². The molecule has 1 aromatic rings. The summed E-state index contributed by atoms with van der Waals surface area (Å²) in [6.45, 7) is 6.60. The van der Waals surface area contributed by atoms with Gasteiger partial charge >= 0.3 is 5.97 Å². The first-order chi connectivity index (χ1) is 8.99. The molecule has 0 fully saturated rings. The molecule has 0 amide bonds. The van der Waals surface area contributed by atoms with Crippen LogP contribution in [0.4, 0.5) is 0 Å². The fourth-order valence-electron chi connectivity index (χ4n) is 1.70. The van der Waals surface area contributed by atoms with Gasteiger partial charge in [-0.15, -0.1) is 0 Å². The van der Waals surface area contributed by atoms with E-state index in [2.05, 4.69) is 5.32 Å². The minimum atomic E-state index is -0.650. The lowest BCUT2D eigenvalue weighted by atomic mass is 10.1. The molecule has 0 saturated heterocycles. The van der Waals surface area contributed by atoms with Crippen molar-refractivity contribution < 1.29 is 14.3 Å². The molecule has 0 saturated carbocycles. The van der Waals surface area contributed by atoms with E-state index < -0.39 is 5.54 Å². The number of hydrogen-bond acceptors (Lipinski definition) is 4. The predicted octanol–water partition coefficient (Wildman–Crippen LogP) is 2.17. The second kappa shape index (κ2) is 7.14. The molecule has 0 unspecified atom stereocenters. The highest BCUT2D eigenvalue weighted by atomic mass is 16.5. The molecule has 1 rings (SSSR count). The molecule has 0 aliphatic rings. The summed E-state index contributed by atoms with van der Waals surface area (Å²) in [5.41, 5.74) is 0.551. The van der Waals surface area contributed by atoms with E-state index in [1.807, 2.05) is 45.0 Å². The van der Waals surface area contributed by atoms with Gasteiger partial charge in [-0.25, -0.2) is 0 Å². The number of rotatable bonds is 7. The van der Waals surface area contributed by atoms with E-state index in [4.69, 9.17) is 9.47 Å². The normalized spacial score (nSPS) is 11.2. The Kier molecular flexibility index (Phi) is 5.83. The topological polar surface area (TPSA) is 47.6 Å². The van der Waals surface area contributed by atoms with Crippen LogP contribution in [0.25, 0.3) is 0 Å². The second-order valence-corrected chi connectivity index (χ2v) is 4.87. The van der Waals surface area contributed by atoms with E-state index in [9.17, 15) is 4.79 Å². The molecule has 0 aromatic heterocycles. The van der Waals surface area contributed by atoms with Crippen molar-refractivity contribution in [3.05, 3.63) is 29.8 Å². The Morgan fingerprint density at radius 2 is 1.89 bits per heavy atom. The zero-order valence-electron chi connectivity index (χ0n) is 12.2. The number of esters is 1. The van der Waals surface area contributed by atoms with Crippen molar-refractivity contribution in [3.63, 3.8) is 0 Å². The number of nitrogens with one attached hydrogen (secondary N) is 1. The molecule has 0 aliphatic heterocycles. The molecule has 4 nitrogen and oxygen atoms in total. The molecule has 0 radical (unpaired) electrons. The maximum atomic E-state index is 11.7. The van der Waals surface area contributed by atoms with E-state index in [1.165, 1.54) is 5.56 Å². The van der Waals surface area contributed by atoms with Crippen LogP contribution in [0, 0.1) is 0 Å². The first kappa shape index (κ1) is 15.5.